The number of para-hydroxylation sites is 1. The summed E-state index contributed by atoms with van der Waals surface area (Å²) in [7, 11) is 0. The molecule has 1 N–H and O–H groups in total. The van der Waals surface area contributed by atoms with E-state index >= 15 is 0 Å². The van der Waals surface area contributed by atoms with E-state index in [4.69, 9.17) is 5.73 Å². The van der Waals surface area contributed by atoms with Crippen LogP contribution in [0.2, 0.25) is 0 Å². The van der Waals surface area contributed by atoms with Crippen LogP contribution in [-0.4, -0.2) is 31.1 Å². The molecule has 1 radical (unpaired) electrons. The minimum Gasteiger partial charge on any atom is -0.662 e. The molecule has 0 atom stereocenters. The van der Waals surface area contributed by atoms with E-state index in [9.17, 15) is 4.79 Å². The molecule has 2 aromatic carbocycles. The van der Waals surface area contributed by atoms with E-state index in [2.05, 4.69) is 26.6 Å². The first kappa shape index (κ1) is 20.1. The van der Waals surface area contributed by atoms with Gasteiger partial charge in [0.15, 0.2) is 0 Å². The third kappa shape index (κ3) is 5.37. The van der Waals surface area contributed by atoms with Crippen molar-refractivity contribution >= 4 is 5.91 Å². The summed E-state index contributed by atoms with van der Waals surface area (Å²) < 4.78 is 1.70. The van der Waals surface area contributed by atoms with Crippen molar-refractivity contribution in [2.24, 2.45) is 0 Å². The standard InChI is InChI=1S/C13H9N4.C6H6N2O.Ir/c1-3-7-11(8-4-1)13-14-15-16-17(13)12-9-5-2-6-10-12;7-6(9)5-3-1-2-4-8-5;/h1-7,9-10H;1-4H,(H2,7,9);/q-1;;/p-1. The molecule has 0 fully saturated rings. The molecular weight excluding hydrogens is 520 g/mol. The van der Waals surface area contributed by atoms with Crippen molar-refractivity contribution in [3.05, 3.63) is 96.5 Å². The maximum atomic E-state index is 10.2. The van der Waals surface area contributed by atoms with Gasteiger partial charge in [-0.3, -0.25) is 4.98 Å². The fourth-order valence-corrected chi connectivity index (χ4v) is 2.13. The normalized spacial score (nSPS) is 9.48. The van der Waals surface area contributed by atoms with Crippen molar-refractivity contribution in [2.45, 2.75) is 0 Å². The molecule has 0 aliphatic carbocycles. The van der Waals surface area contributed by atoms with E-state index in [1.807, 2.05) is 54.6 Å². The zero-order valence-corrected chi connectivity index (χ0v) is 16.4. The van der Waals surface area contributed by atoms with Crippen LogP contribution in [0.25, 0.3) is 22.8 Å². The van der Waals surface area contributed by atoms with Crippen molar-refractivity contribution in [1.82, 2.24) is 25.2 Å². The predicted octanol–water partition coefficient (Wildman–Crippen LogP) is 3.40. The molecule has 0 saturated heterocycles. The van der Waals surface area contributed by atoms with E-state index in [1.54, 1.807) is 16.8 Å². The van der Waals surface area contributed by atoms with Gasteiger partial charge in [-0.05, 0) is 34.7 Å². The summed E-state index contributed by atoms with van der Waals surface area (Å²) in [6, 6.07) is 25.4. The van der Waals surface area contributed by atoms with Gasteiger partial charge in [0.05, 0.1) is 17.3 Å². The number of hydrogen-bond acceptors (Lipinski definition) is 5. The SMILES string of the molecule is [Ir].[NH-]C(=O)c1ccccn1.[c-]1ccccc1-c1nnnn1-c1ccccc1. The van der Waals surface area contributed by atoms with Crippen molar-refractivity contribution in [3.8, 4) is 17.1 Å². The molecule has 137 valence electrons. The van der Waals surface area contributed by atoms with Gasteiger partial charge in [0.1, 0.15) is 5.82 Å². The molecule has 0 saturated carbocycles. The fourth-order valence-electron chi connectivity index (χ4n) is 2.13. The summed E-state index contributed by atoms with van der Waals surface area (Å²) in [5.41, 5.74) is 8.62. The number of hydrogen-bond donors (Lipinski definition) is 0. The quantitative estimate of drug-likeness (QED) is 0.376. The van der Waals surface area contributed by atoms with Crippen LogP contribution in [0.15, 0.2) is 79.0 Å². The molecule has 4 rings (SSSR count). The van der Waals surface area contributed by atoms with Gasteiger partial charge in [0, 0.05) is 26.3 Å². The molecule has 0 spiro atoms. The Bertz CT molecular complexity index is 907. The van der Waals surface area contributed by atoms with Crippen LogP contribution in [0.5, 0.6) is 0 Å². The summed E-state index contributed by atoms with van der Waals surface area (Å²) in [5, 5.41) is 11.7. The zero-order valence-electron chi connectivity index (χ0n) is 14.0. The Morgan fingerprint density at radius 3 is 2.30 bits per heavy atom. The largest absolute Gasteiger partial charge is 0.662 e. The van der Waals surface area contributed by atoms with Crippen LogP contribution in [-0.2, 0) is 20.1 Å². The first-order valence-electron chi connectivity index (χ1n) is 7.73. The van der Waals surface area contributed by atoms with Crippen LogP contribution >= 0.6 is 0 Å². The Kier molecular flexibility index (Phi) is 7.48. The molecular formula is C19H14IrN6O-2. The van der Waals surface area contributed by atoms with Gasteiger partial charge in [0.25, 0.3) is 0 Å². The molecule has 4 aromatic rings. The molecule has 8 heteroatoms. The third-order valence-corrected chi connectivity index (χ3v) is 3.32. The number of tetrazole rings is 1. The molecule has 2 aromatic heterocycles. The number of nitrogens with one attached hydrogen (secondary N) is 1. The maximum Gasteiger partial charge on any atom is 0.104 e. The molecule has 7 nitrogen and oxygen atoms in total. The number of aromatic nitrogens is 5. The van der Waals surface area contributed by atoms with Gasteiger partial charge in [-0.25, -0.2) is 4.68 Å². The zero-order chi connectivity index (χ0) is 18.2. The predicted molar refractivity (Wildman–Crippen MR) is 96.3 cm³/mol. The summed E-state index contributed by atoms with van der Waals surface area (Å²) in [6.07, 6.45) is 1.49. The second-order valence-corrected chi connectivity index (χ2v) is 5.07. The third-order valence-electron chi connectivity index (χ3n) is 3.32. The van der Waals surface area contributed by atoms with Crippen molar-refractivity contribution in [3.63, 3.8) is 0 Å². The summed E-state index contributed by atoms with van der Waals surface area (Å²) in [4.78, 5) is 13.9. The Hall–Kier alpha value is -3.22. The van der Waals surface area contributed by atoms with Crippen LogP contribution < -0.4 is 0 Å². The topological polar surface area (TPSA) is 97.4 Å². The molecule has 0 aliphatic heterocycles. The van der Waals surface area contributed by atoms with Crippen LogP contribution in [0.3, 0.4) is 0 Å². The molecule has 1 amide bonds. The Morgan fingerprint density at radius 1 is 0.963 bits per heavy atom. The Morgan fingerprint density at radius 2 is 1.70 bits per heavy atom. The monoisotopic (exact) mass is 535 g/mol. The van der Waals surface area contributed by atoms with Gasteiger partial charge >= 0.3 is 0 Å². The van der Waals surface area contributed by atoms with E-state index in [0.29, 0.717) is 5.82 Å². The van der Waals surface area contributed by atoms with Crippen molar-refractivity contribution < 1.29 is 24.9 Å². The molecule has 0 bridgehead atoms. The first-order valence-corrected chi connectivity index (χ1v) is 7.73. The number of pyridine rings is 1. The van der Waals surface area contributed by atoms with Gasteiger partial charge in [-0.2, -0.15) is 5.10 Å². The van der Waals surface area contributed by atoms with E-state index in [-0.39, 0.29) is 25.8 Å². The summed E-state index contributed by atoms with van der Waals surface area (Å²) in [5.74, 6) is -0.0487. The number of carbonyl (C=O) groups excluding carboxylic acids is 1. The average Bonchev–Trinajstić information content (AvgIpc) is 3.20. The van der Waals surface area contributed by atoms with Gasteiger partial charge in [-0.1, -0.05) is 24.3 Å². The van der Waals surface area contributed by atoms with Crippen LogP contribution in [0, 0.1) is 6.07 Å². The Balaban J connectivity index is 0.000000224. The summed E-state index contributed by atoms with van der Waals surface area (Å²) in [6.45, 7) is 0. The summed E-state index contributed by atoms with van der Waals surface area (Å²) >= 11 is 0. The smallest absolute Gasteiger partial charge is 0.104 e. The van der Waals surface area contributed by atoms with Gasteiger partial charge < -0.3 is 10.5 Å². The fraction of sp³-hybridized carbons (Fsp3) is 0. The van der Waals surface area contributed by atoms with Gasteiger partial charge in [-0.15, -0.1) is 35.9 Å². The number of rotatable bonds is 3. The molecule has 27 heavy (non-hydrogen) atoms. The minimum atomic E-state index is -0.740. The second-order valence-electron chi connectivity index (χ2n) is 5.07. The van der Waals surface area contributed by atoms with Crippen molar-refractivity contribution in [1.29, 1.82) is 0 Å². The van der Waals surface area contributed by atoms with E-state index in [0.717, 1.165) is 11.3 Å². The van der Waals surface area contributed by atoms with E-state index in [1.165, 1.54) is 12.3 Å². The second kappa shape index (κ2) is 10.1. The number of benzene rings is 2. The minimum absolute atomic E-state index is 0. The number of carbonyl (C=O) groups is 1. The number of amides is 1. The van der Waals surface area contributed by atoms with E-state index < -0.39 is 5.91 Å². The first-order chi connectivity index (χ1) is 12.8. The average molecular weight is 535 g/mol. The molecule has 2 heterocycles. The molecule has 0 unspecified atom stereocenters. The molecule has 0 aliphatic rings. The van der Waals surface area contributed by atoms with Crippen LogP contribution in [0.1, 0.15) is 10.5 Å². The number of nitrogens with zero attached hydrogens (tertiary/aromatic N) is 5. The maximum absolute atomic E-state index is 10.2. The van der Waals surface area contributed by atoms with Crippen LogP contribution in [0.4, 0.5) is 0 Å². The van der Waals surface area contributed by atoms with Crippen molar-refractivity contribution in [2.75, 3.05) is 0 Å². The van der Waals surface area contributed by atoms with Gasteiger partial charge in [0.2, 0.25) is 0 Å². The Labute approximate surface area is 169 Å².